The number of alkyl halides is 1. The molecule has 3 N–H and O–H groups in total. The smallest absolute Gasteiger partial charge is 0.171 e. The van der Waals surface area contributed by atoms with Gasteiger partial charge in [0.2, 0.25) is 0 Å². The van der Waals surface area contributed by atoms with Crippen molar-refractivity contribution < 1.29 is 9.84 Å². The molecular weight excluding hydrogens is 266 g/mol. The summed E-state index contributed by atoms with van der Waals surface area (Å²) in [5, 5.41) is 16.8. The highest BCUT2D eigenvalue weighted by Gasteiger charge is 2.47. The van der Waals surface area contributed by atoms with Crippen LogP contribution in [0.3, 0.4) is 0 Å². The fourth-order valence-electron chi connectivity index (χ4n) is 3.58. The minimum absolute atomic E-state index is 0.00851. The normalized spacial score (nSPS) is 41.1. The van der Waals surface area contributed by atoms with Gasteiger partial charge >= 0.3 is 0 Å². The molecule has 3 aliphatic heterocycles. The van der Waals surface area contributed by atoms with E-state index in [9.17, 15) is 5.11 Å². The number of aliphatic hydroxyl groups is 1. The molecule has 5 nitrogen and oxygen atoms in total. The Morgan fingerprint density at radius 3 is 3.05 bits per heavy atom. The van der Waals surface area contributed by atoms with Crippen LogP contribution in [0.4, 0.5) is 0 Å². The summed E-state index contributed by atoms with van der Waals surface area (Å²) >= 11 is 6.39. The predicted octanol–water partition coefficient (Wildman–Crippen LogP) is 0.198. The second kappa shape index (κ2) is 5.68. The van der Waals surface area contributed by atoms with Gasteiger partial charge in [-0.25, -0.2) is 0 Å². The monoisotopic (exact) mass is 287 g/mol. The van der Waals surface area contributed by atoms with Crippen LogP contribution in [0.15, 0.2) is 11.6 Å². The number of nitrogens with zero attached hydrogens (tertiary/aromatic N) is 1. The van der Waals surface area contributed by atoms with E-state index in [-0.39, 0.29) is 11.5 Å². The van der Waals surface area contributed by atoms with E-state index in [4.69, 9.17) is 16.3 Å². The fraction of sp³-hybridized carbons (Fsp3) is 0.846. The van der Waals surface area contributed by atoms with Crippen molar-refractivity contribution in [3.05, 3.63) is 11.6 Å². The molecule has 2 saturated heterocycles. The second-order valence-electron chi connectivity index (χ2n) is 5.47. The lowest BCUT2D eigenvalue weighted by Gasteiger charge is -2.35. The highest BCUT2D eigenvalue weighted by Crippen LogP contribution is 2.36. The lowest BCUT2D eigenvalue weighted by atomic mass is 9.99. The number of nitrogens with one attached hydrogen (secondary N) is 2. The van der Waals surface area contributed by atoms with Crippen molar-refractivity contribution in [3.8, 4) is 0 Å². The molecule has 5 atom stereocenters. The number of rotatable bonds is 3. The van der Waals surface area contributed by atoms with E-state index in [0.717, 1.165) is 32.4 Å². The van der Waals surface area contributed by atoms with Crippen molar-refractivity contribution in [1.29, 1.82) is 0 Å². The molecule has 0 aromatic heterocycles. The van der Waals surface area contributed by atoms with Crippen LogP contribution in [0.25, 0.3) is 0 Å². The molecule has 6 heteroatoms. The average Bonchev–Trinajstić information content (AvgIpc) is 3.00. The highest BCUT2D eigenvalue weighted by atomic mass is 35.5. The SMILES string of the molecule is COC(O)C1CNC2CCC(C3=CCCNC3Cl)N21. The van der Waals surface area contributed by atoms with Gasteiger partial charge in [0.1, 0.15) is 5.50 Å². The van der Waals surface area contributed by atoms with Gasteiger partial charge in [0.25, 0.3) is 0 Å². The van der Waals surface area contributed by atoms with E-state index < -0.39 is 6.29 Å². The molecule has 0 spiro atoms. The third-order valence-corrected chi connectivity index (χ3v) is 4.88. The number of ether oxygens (including phenoxy) is 1. The number of aliphatic hydroxyl groups excluding tert-OH is 1. The van der Waals surface area contributed by atoms with Crippen LogP contribution in [0.2, 0.25) is 0 Å². The van der Waals surface area contributed by atoms with Crippen LogP contribution < -0.4 is 10.6 Å². The zero-order valence-electron chi connectivity index (χ0n) is 11.2. The third-order valence-electron chi connectivity index (χ3n) is 4.47. The topological polar surface area (TPSA) is 56.8 Å². The number of hydrogen-bond acceptors (Lipinski definition) is 5. The minimum atomic E-state index is -0.746. The molecule has 0 aliphatic carbocycles. The van der Waals surface area contributed by atoms with Crippen LogP contribution in [0.5, 0.6) is 0 Å². The lowest BCUT2D eigenvalue weighted by molar-refractivity contribution is -0.118. The van der Waals surface area contributed by atoms with E-state index in [2.05, 4.69) is 21.6 Å². The molecule has 0 saturated carbocycles. The van der Waals surface area contributed by atoms with Crippen molar-refractivity contribution in [3.63, 3.8) is 0 Å². The first-order valence-electron chi connectivity index (χ1n) is 7.01. The molecule has 0 aromatic carbocycles. The Labute approximate surface area is 118 Å². The van der Waals surface area contributed by atoms with E-state index in [1.54, 1.807) is 7.11 Å². The fourth-order valence-corrected chi connectivity index (χ4v) is 3.93. The Morgan fingerprint density at radius 1 is 1.47 bits per heavy atom. The van der Waals surface area contributed by atoms with E-state index >= 15 is 0 Å². The van der Waals surface area contributed by atoms with Crippen molar-refractivity contribution in [2.45, 2.75) is 49.3 Å². The number of halogens is 1. The van der Waals surface area contributed by atoms with Gasteiger partial charge in [0.05, 0.1) is 12.2 Å². The van der Waals surface area contributed by atoms with Gasteiger partial charge in [0, 0.05) is 26.2 Å². The molecule has 3 aliphatic rings. The maximum atomic E-state index is 10.0. The summed E-state index contributed by atoms with van der Waals surface area (Å²) in [6.45, 7) is 1.71. The summed E-state index contributed by atoms with van der Waals surface area (Å²) in [7, 11) is 1.55. The average molecular weight is 288 g/mol. The van der Waals surface area contributed by atoms with Crippen molar-refractivity contribution in [1.82, 2.24) is 15.5 Å². The van der Waals surface area contributed by atoms with E-state index in [1.165, 1.54) is 5.57 Å². The zero-order valence-corrected chi connectivity index (χ0v) is 11.9. The first kappa shape index (κ1) is 13.8. The van der Waals surface area contributed by atoms with Gasteiger partial charge < -0.3 is 9.84 Å². The molecule has 0 bridgehead atoms. The standard InChI is InChI=1S/C13H22ClN3O2/c1-19-13(18)10-7-16-11-5-4-9(17(10)11)8-3-2-6-15-12(8)14/h3,9-13,15-16,18H,2,4-7H2,1H3. The number of methoxy groups -OCH3 is 1. The van der Waals surface area contributed by atoms with Crippen LogP contribution >= 0.6 is 11.6 Å². The van der Waals surface area contributed by atoms with Gasteiger partial charge in [-0.2, -0.15) is 0 Å². The van der Waals surface area contributed by atoms with Crippen LogP contribution in [0.1, 0.15) is 19.3 Å². The lowest BCUT2D eigenvalue weighted by Crippen LogP contribution is -2.49. The highest BCUT2D eigenvalue weighted by molar-refractivity contribution is 6.22. The molecule has 108 valence electrons. The molecule has 0 amide bonds. The zero-order chi connectivity index (χ0) is 13.4. The Hall–Kier alpha value is -0.170. The number of fused-ring (bicyclic) bond motifs is 1. The molecule has 3 heterocycles. The van der Waals surface area contributed by atoms with Crippen molar-refractivity contribution in [2.24, 2.45) is 0 Å². The van der Waals surface area contributed by atoms with E-state index in [0.29, 0.717) is 12.2 Å². The van der Waals surface area contributed by atoms with Gasteiger partial charge in [-0.05, 0) is 24.8 Å². The van der Waals surface area contributed by atoms with Gasteiger partial charge in [-0.3, -0.25) is 15.5 Å². The molecule has 2 fully saturated rings. The summed E-state index contributed by atoms with van der Waals surface area (Å²) in [4.78, 5) is 2.35. The Bertz CT molecular complexity index is 366. The molecule has 0 aromatic rings. The maximum absolute atomic E-state index is 10.0. The predicted molar refractivity (Wildman–Crippen MR) is 73.8 cm³/mol. The van der Waals surface area contributed by atoms with Gasteiger partial charge in [-0.1, -0.05) is 6.08 Å². The van der Waals surface area contributed by atoms with Crippen LogP contribution in [-0.2, 0) is 4.74 Å². The summed E-state index contributed by atoms with van der Waals surface area (Å²) in [6, 6.07) is 0.319. The Balaban J connectivity index is 1.80. The quantitative estimate of drug-likeness (QED) is 0.300. The Morgan fingerprint density at radius 2 is 2.32 bits per heavy atom. The van der Waals surface area contributed by atoms with E-state index in [1.807, 2.05) is 0 Å². The van der Waals surface area contributed by atoms with Crippen LogP contribution in [-0.4, -0.2) is 60.2 Å². The molecule has 5 unspecified atom stereocenters. The second-order valence-corrected chi connectivity index (χ2v) is 5.90. The summed E-state index contributed by atoms with van der Waals surface area (Å²) < 4.78 is 5.11. The summed E-state index contributed by atoms with van der Waals surface area (Å²) in [5.41, 5.74) is 1.17. The molecule has 0 radical (unpaired) electrons. The first-order chi connectivity index (χ1) is 9.22. The maximum Gasteiger partial charge on any atom is 0.171 e. The molecule has 3 rings (SSSR count). The minimum Gasteiger partial charge on any atom is -0.367 e. The van der Waals surface area contributed by atoms with Gasteiger partial charge in [-0.15, -0.1) is 11.6 Å². The largest absolute Gasteiger partial charge is 0.367 e. The Kier molecular flexibility index (Phi) is 4.12. The first-order valence-corrected chi connectivity index (χ1v) is 7.45. The van der Waals surface area contributed by atoms with Crippen LogP contribution in [0, 0.1) is 0 Å². The summed E-state index contributed by atoms with van der Waals surface area (Å²) in [5.74, 6) is 0. The molecule has 19 heavy (non-hydrogen) atoms. The number of hydrogen-bond donors (Lipinski definition) is 3. The van der Waals surface area contributed by atoms with Crippen molar-refractivity contribution in [2.75, 3.05) is 20.2 Å². The molecular formula is C13H22ClN3O2. The summed E-state index contributed by atoms with van der Waals surface area (Å²) in [6.07, 6.45) is 5.06. The van der Waals surface area contributed by atoms with Gasteiger partial charge in [0.15, 0.2) is 6.29 Å². The third kappa shape index (κ3) is 2.44. The van der Waals surface area contributed by atoms with Crippen molar-refractivity contribution >= 4 is 11.6 Å².